The molecule has 3 unspecified atom stereocenters. The number of aliphatic hydroxyl groups excluding tert-OH is 2. The molecule has 6 heteroatoms. The molecule has 0 heterocycles. The van der Waals surface area contributed by atoms with Crippen molar-refractivity contribution in [2.45, 2.75) is 180 Å². The Balaban J connectivity index is 4.94. The Morgan fingerprint density at radius 3 is 1.56 bits per heavy atom. The molecule has 1 amide bonds. The number of hydrogen-bond donors (Lipinski definition) is 3. The highest BCUT2D eigenvalue weighted by molar-refractivity contribution is 5.78. The van der Waals surface area contributed by atoms with Crippen LogP contribution >= 0.6 is 0 Å². The number of rotatable bonds is 37. The molecule has 0 rings (SSSR count). The second-order valence-electron chi connectivity index (χ2n) is 14.5. The minimum absolute atomic E-state index is 0.0829. The molecule has 0 aromatic rings. The lowest BCUT2D eigenvalue weighted by molar-refractivity contribution is -0.148. The molecular formula is C51H81NO5. The fourth-order valence-electron chi connectivity index (χ4n) is 5.83. The predicted molar refractivity (Wildman–Crippen MR) is 245 cm³/mol. The second-order valence-corrected chi connectivity index (χ2v) is 14.5. The molecule has 0 saturated heterocycles. The van der Waals surface area contributed by atoms with Gasteiger partial charge in [-0.05, 0) is 63.9 Å². The zero-order valence-electron chi connectivity index (χ0n) is 36.2. The first-order valence-corrected chi connectivity index (χ1v) is 22.3. The van der Waals surface area contributed by atoms with Crippen molar-refractivity contribution in [3.8, 4) is 0 Å². The number of allylic oxidation sites excluding steroid dienone is 19. The van der Waals surface area contributed by atoms with Crippen molar-refractivity contribution in [2.75, 3.05) is 6.61 Å². The van der Waals surface area contributed by atoms with E-state index < -0.39 is 18.2 Å². The van der Waals surface area contributed by atoms with Crippen molar-refractivity contribution >= 4 is 11.9 Å². The molecule has 3 atom stereocenters. The maximum Gasteiger partial charge on any atom is 0.306 e. The van der Waals surface area contributed by atoms with Gasteiger partial charge in [0.05, 0.1) is 25.2 Å². The summed E-state index contributed by atoms with van der Waals surface area (Å²) in [5, 5.41) is 23.5. The van der Waals surface area contributed by atoms with E-state index in [2.05, 4.69) is 80.8 Å². The number of esters is 1. The van der Waals surface area contributed by atoms with Gasteiger partial charge in [0.15, 0.2) is 0 Å². The van der Waals surface area contributed by atoms with E-state index in [1.807, 2.05) is 60.8 Å². The monoisotopic (exact) mass is 788 g/mol. The highest BCUT2D eigenvalue weighted by Gasteiger charge is 2.23. The van der Waals surface area contributed by atoms with Crippen LogP contribution in [0.3, 0.4) is 0 Å². The second kappa shape index (κ2) is 43.4. The maximum atomic E-state index is 13.1. The van der Waals surface area contributed by atoms with Crippen LogP contribution in [-0.4, -0.2) is 46.9 Å². The standard InChI is InChI=1S/C51H81NO5/c1-4-7-10-13-16-19-22-24-26-28-30-33-36-39-42-47(57-51(56)44-41-38-35-32-29-25-23-20-17-14-11-8-5-2)45-50(55)52-48(46-53)49(54)43-40-37-34-31-27-21-18-15-12-9-6-3/h7-8,10-11,14,16-17,19-20,23-26,29-30,32-33,35,39,42,47-49,53-54H,4-6,9,12-13,15,18,21-22,27-28,31,34,36-38,40-41,43-46H2,1-3H3,(H,52,55)/b10-7+,11-8+,17-14+,19-16+,23-20-,26-24+,29-25-,33-30+,35-32+,42-39+. The van der Waals surface area contributed by atoms with Crippen LogP contribution < -0.4 is 5.32 Å². The molecule has 0 aromatic heterocycles. The van der Waals surface area contributed by atoms with E-state index >= 15 is 0 Å². The van der Waals surface area contributed by atoms with Gasteiger partial charge < -0.3 is 20.3 Å². The van der Waals surface area contributed by atoms with Gasteiger partial charge in [-0.3, -0.25) is 9.59 Å². The topological polar surface area (TPSA) is 95.9 Å². The molecule has 0 aliphatic rings. The van der Waals surface area contributed by atoms with Crippen molar-refractivity contribution < 1.29 is 24.5 Å². The zero-order valence-corrected chi connectivity index (χ0v) is 36.2. The Kier molecular flexibility index (Phi) is 40.5. The van der Waals surface area contributed by atoms with Crippen molar-refractivity contribution in [1.29, 1.82) is 0 Å². The summed E-state index contributed by atoms with van der Waals surface area (Å²) < 4.78 is 5.75. The quantitative estimate of drug-likeness (QED) is 0.0252. The normalized spacial score (nSPS) is 14.5. The van der Waals surface area contributed by atoms with E-state index in [1.54, 1.807) is 6.08 Å². The van der Waals surface area contributed by atoms with Gasteiger partial charge in [0.25, 0.3) is 0 Å². The summed E-state index contributed by atoms with van der Waals surface area (Å²) in [4.78, 5) is 25.9. The highest BCUT2D eigenvalue weighted by Crippen LogP contribution is 2.14. The Morgan fingerprint density at radius 2 is 1.04 bits per heavy atom. The minimum atomic E-state index is -0.837. The Labute approximate surface area is 349 Å². The number of ether oxygens (including phenoxy) is 1. The Bertz CT molecular complexity index is 1250. The number of unbranched alkanes of at least 4 members (excludes halogenated alkanes) is 11. The lowest BCUT2D eigenvalue weighted by atomic mass is 10.0. The summed E-state index contributed by atoms with van der Waals surface area (Å²) in [5.74, 6) is -0.734. The largest absolute Gasteiger partial charge is 0.458 e. The molecule has 0 bridgehead atoms. The molecule has 0 aliphatic heterocycles. The van der Waals surface area contributed by atoms with Crippen molar-refractivity contribution in [3.63, 3.8) is 0 Å². The molecule has 57 heavy (non-hydrogen) atoms. The maximum absolute atomic E-state index is 13.1. The molecule has 320 valence electrons. The third-order valence-corrected chi connectivity index (χ3v) is 9.16. The molecule has 0 aliphatic carbocycles. The SMILES string of the molecule is CC/C=C/C=C/C=C\C=C/C=C/CCCC(=O)OC(/C=C/C/C=C/C/C=C/C/C=C/C/C=C/CC)CC(=O)NC(CO)C(O)CCCCCCCCCCCCC. The van der Waals surface area contributed by atoms with Crippen LogP contribution in [0.15, 0.2) is 122 Å². The van der Waals surface area contributed by atoms with Gasteiger partial charge in [-0.25, -0.2) is 0 Å². The van der Waals surface area contributed by atoms with E-state index in [9.17, 15) is 19.8 Å². The van der Waals surface area contributed by atoms with E-state index in [4.69, 9.17) is 4.74 Å². The lowest BCUT2D eigenvalue weighted by Gasteiger charge is -2.23. The van der Waals surface area contributed by atoms with Crippen molar-refractivity contribution in [3.05, 3.63) is 122 Å². The smallest absolute Gasteiger partial charge is 0.306 e. The highest BCUT2D eigenvalue weighted by atomic mass is 16.5. The molecule has 0 spiro atoms. The average molecular weight is 788 g/mol. The average Bonchev–Trinajstić information content (AvgIpc) is 3.20. The number of amides is 1. The van der Waals surface area contributed by atoms with Crippen molar-refractivity contribution in [1.82, 2.24) is 5.32 Å². The van der Waals surface area contributed by atoms with Crippen LogP contribution in [0.4, 0.5) is 0 Å². The number of aliphatic hydroxyl groups is 2. The van der Waals surface area contributed by atoms with Crippen LogP contribution in [-0.2, 0) is 14.3 Å². The number of carbonyl (C=O) groups is 2. The predicted octanol–water partition coefficient (Wildman–Crippen LogP) is 12.9. The zero-order chi connectivity index (χ0) is 41.7. The summed E-state index contributed by atoms with van der Waals surface area (Å²) in [5.41, 5.74) is 0. The summed E-state index contributed by atoms with van der Waals surface area (Å²) in [6.07, 6.45) is 60.0. The van der Waals surface area contributed by atoms with E-state index in [-0.39, 0.29) is 31.3 Å². The number of hydrogen-bond acceptors (Lipinski definition) is 5. The summed E-state index contributed by atoms with van der Waals surface area (Å²) in [6, 6.07) is -0.763. The summed E-state index contributed by atoms with van der Waals surface area (Å²) in [6.45, 7) is 6.12. The molecule has 0 fully saturated rings. The molecule has 3 N–H and O–H groups in total. The van der Waals surface area contributed by atoms with Gasteiger partial charge in [0.1, 0.15) is 6.10 Å². The molecule has 0 saturated carbocycles. The first-order valence-electron chi connectivity index (χ1n) is 22.3. The van der Waals surface area contributed by atoms with Gasteiger partial charge >= 0.3 is 5.97 Å². The number of nitrogens with one attached hydrogen (secondary N) is 1. The lowest BCUT2D eigenvalue weighted by Crippen LogP contribution is -2.46. The van der Waals surface area contributed by atoms with E-state index in [0.29, 0.717) is 19.3 Å². The van der Waals surface area contributed by atoms with Crippen molar-refractivity contribution in [2.24, 2.45) is 0 Å². The first-order chi connectivity index (χ1) is 28.0. The molecule has 0 aromatic carbocycles. The van der Waals surface area contributed by atoms with E-state index in [1.165, 1.54) is 51.4 Å². The van der Waals surface area contributed by atoms with Crippen LogP contribution in [0.1, 0.15) is 162 Å². The van der Waals surface area contributed by atoms with Crippen LogP contribution in [0.2, 0.25) is 0 Å². The molecule has 6 nitrogen and oxygen atoms in total. The van der Waals surface area contributed by atoms with Crippen LogP contribution in [0, 0.1) is 0 Å². The third-order valence-electron chi connectivity index (χ3n) is 9.16. The summed E-state index contributed by atoms with van der Waals surface area (Å²) in [7, 11) is 0. The third kappa shape index (κ3) is 38.9. The molecular weight excluding hydrogens is 707 g/mol. The molecule has 0 radical (unpaired) electrons. The fourth-order valence-corrected chi connectivity index (χ4v) is 5.83. The van der Waals surface area contributed by atoms with Gasteiger partial charge in [-0.2, -0.15) is 0 Å². The first kappa shape index (κ1) is 53.3. The van der Waals surface area contributed by atoms with Gasteiger partial charge in [-0.1, -0.05) is 207 Å². The van der Waals surface area contributed by atoms with Gasteiger partial charge in [0.2, 0.25) is 5.91 Å². The fraction of sp³-hybridized carbons (Fsp3) is 0.569. The van der Waals surface area contributed by atoms with Crippen LogP contribution in [0.25, 0.3) is 0 Å². The Hall–Kier alpha value is -3.74. The minimum Gasteiger partial charge on any atom is -0.458 e. The van der Waals surface area contributed by atoms with Crippen LogP contribution in [0.5, 0.6) is 0 Å². The van der Waals surface area contributed by atoms with E-state index in [0.717, 1.165) is 57.8 Å². The number of carbonyl (C=O) groups excluding carboxylic acids is 2. The van der Waals surface area contributed by atoms with Gasteiger partial charge in [-0.15, -0.1) is 0 Å². The summed E-state index contributed by atoms with van der Waals surface area (Å²) >= 11 is 0. The Morgan fingerprint density at radius 1 is 0.561 bits per heavy atom. The van der Waals surface area contributed by atoms with Gasteiger partial charge in [0, 0.05) is 6.42 Å².